The molecular weight excluding hydrogens is 360 g/mol. The minimum atomic E-state index is -0.233. The first-order valence-electron chi connectivity index (χ1n) is 9.83. The molecule has 1 aliphatic heterocycles. The van der Waals surface area contributed by atoms with Gasteiger partial charge in [-0.2, -0.15) is 0 Å². The Kier molecular flexibility index (Phi) is 7.96. The summed E-state index contributed by atoms with van der Waals surface area (Å²) in [5.41, 5.74) is 0.859. The van der Waals surface area contributed by atoms with Gasteiger partial charge in [0.05, 0.1) is 33.3 Å². The van der Waals surface area contributed by atoms with Gasteiger partial charge in [0.15, 0.2) is 11.5 Å². The van der Waals surface area contributed by atoms with Gasteiger partial charge in [0.25, 0.3) is 0 Å². The Morgan fingerprint density at radius 3 is 2.36 bits per heavy atom. The highest BCUT2D eigenvalue weighted by Gasteiger charge is 2.29. The Bertz CT molecular complexity index is 666. The molecule has 1 aromatic carbocycles. The number of ether oxygens (including phenoxy) is 3. The molecule has 0 aliphatic carbocycles. The van der Waals surface area contributed by atoms with Crippen LogP contribution in [0.4, 0.5) is 0 Å². The monoisotopic (exact) mass is 392 g/mol. The van der Waals surface area contributed by atoms with E-state index >= 15 is 0 Å². The predicted molar refractivity (Wildman–Crippen MR) is 107 cm³/mol. The smallest absolute Gasteiger partial charge is 0.225 e. The average Bonchev–Trinajstić information content (AvgIpc) is 2.72. The highest BCUT2D eigenvalue weighted by Crippen LogP contribution is 2.39. The summed E-state index contributed by atoms with van der Waals surface area (Å²) in [6.45, 7) is 5.14. The van der Waals surface area contributed by atoms with Crippen LogP contribution in [0.15, 0.2) is 12.1 Å². The zero-order valence-corrected chi connectivity index (χ0v) is 17.5. The lowest BCUT2D eigenvalue weighted by molar-refractivity contribution is -0.135. The van der Waals surface area contributed by atoms with E-state index in [4.69, 9.17) is 14.2 Å². The van der Waals surface area contributed by atoms with Crippen molar-refractivity contribution < 1.29 is 23.8 Å². The SMILES string of the molecule is CCCC(=O)N1CCCC(C(=O)NC(C)c2cc(OC)c(OC)c(OC)c2)C1. The lowest BCUT2D eigenvalue weighted by Gasteiger charge is -2.32. The summed E-state index contributed by atoms with van der Waals surface area (Å²) in [5.74, 6) is 1.54. The highest BCUT2D eigenvalue weighted by atomic mass is 16.5. The minimum Gasteiger partial charge on any atom is -0.493 e. The summed E-state index contributed by atoms with van der Waals surface area (Å²) in [6.07, 6.45) is 3.01. The van der Waals surface area contributed by atoms with E-state index in [9.17, 15) is 9.59 Å². The van der Waals surface area contributed by atoms with E-state index in [0.717, 1.165) is 31.4 Å². The van der Waals surface area contributed by atoms with Crippen LogP contribution >= 0.6 is 0 Å². The van der Waals surface area contributed by atoms with E-state index in [1.54, 1.807) is 21.3 Å². The van der Waals surface area contributed by atoms with Crippen LogP contribution in [-0.4, -0.2) is 51.1 Å². The van der Waals surface area contributed by atoms with Gasteiger partial charge in [-0.1, -0.05) is 6.92 Å². The van der Waals surface area contributed by atoms with Crippen LogP contribution in [0.3, 0.4) is 0 Å². The summed E-state index contributed by atoms with van der Waals surface area (Å²) in [7, 11) is 4.68. The molecule has 1 aliphatic rings. The lowest BCUT2D eigenvalue weighted by Crippen LogP contribution is -2.45. The zero-order valence-electron chi connectivity index (χ0n) is 17.5. The molecule has 2 rings (SSSR count). The van der Waals surface area contributed by atoms with Crippen LogP contribution in [0.5, 0.6) is 17.2 Å². The van der Waals surface area contributed by atoms with Crippen LogP contribution in [0.1, 0.15) is 51.1 Å². The molecular formula is C21H32N2O5. The van der Waals surface area contributed by atoms with Crippen LogP contribution < -0.4 is 19.5 Å². The van der Waals surface area contributed by atoms with Crippen LogP contribution in [-0.2, 0) is 9.59 Å². The van der Waals surface area contributed by atoms with Gasteiger partial charge < -0.3 is 24.4 Å². The van der Waals surface area contributed by atoms with Crippen molar-refractivity contribution in [1.29, 1.82) is 0 Å². The van der Waals surface area contributed by atoms with Crippen molar-refractivity contribution >= 4 is 11.8 Å². The summed E-state index contributed by atoms with van der Waals surface area (Å²) in [6, 6.07) is 3.44. The van der Waals surface area contributed by atoms with E-state index in [1.807, 2.05) is 30.9 Å². The quantitative estimate of drug-likeness (QED) is 0.736. The summed E-state index contributed by atoms with van der Waals surface area (Å²) >= 11 is 0. The average molecular weight is 392 g/mol. The molecule has 1 saturated heterocycles. The third-order valence-electron chi connectivity index (χ3n) is 5.15. The van der Waals surface area contributed by atoms with Gasteiger partial charge in [0, 0.05) is 19.5 Å². The molecule has 2 atom stereocenters. The first-order valence-corrected chi connectivity index (χ1v) is 9.83. The maximum atomic E-state index is 12.8. The Hall–Kier alpha value is -2.44. The molecule has 0 aromatic heterocycles. The molecule has 0 radical (unpaired) electrons. The second kappa shape index (κ2) is 10.2. The molecule has 2 unspecified atom stereocenters. The van der Waals surface area contributed by atoms with Crippen molar-refractivity contribution in [1.82, 2.24) is 10.2 Å². The highest BCUT2D eigenvalue weighted by molar-refractivity contribution is 5.81. The first kappa shape index (κ1) is 21.9. The van der Waals surface area contributed by atoms with E-state index in [2.05, 4.69) is 5.32 Å². The van der Waals surface area contributed by atoms with Gasteiger partial charge in [0.2, 0.25) is 17.6 Å². The summed E-state index contributed by atoms with van der Waals surface area (Å²) < 4.78 is 16.1. The van der Waals surface area contributed by atoms with Gasteiger partial charge in [-0.25, -0.2) is 0 Å². The number of hydrogen-bond donors (Lipinski definition) is 1. The number of piperidine rings is 1. The molecule has 1 heterocycles. The molecule has 0 spiro atoms. The van der Waals surface area contributed by atoms with Crippen molar-refractivity contribution in [2.45, 2.75) is 45.6 Å². The fraction of sp³-hybridized carbons (Fsp3) is 0.619. The molecule has 28 heavy (non-hydrogen) atoms. The summed E-state index contributed by atoms with van der Waals surface area (Å²) in [4.78, 5) is 26.8. The predicted octanol–water partition coefficient (Wildman–Crippen LogP) is 2.93. The van der Waals surface area contributed by atoms with Crippen molar-refractivity contribution in [3.63, 3.8) is 0 Å². The van der Waals surface area contributed by atoms with Crippen molar-refractivity contribution in [2.24, 2.45) is 5.92 Å². The molecule has 1 fully saturated rings. The van der Waals surface area contributed by atoms with Crippen LogP contribution in [0, 0.1) is 5.92 Å². The largest absolute Gasteiger partial charge is 0.493 e. The number of methoxy groups -OCH3 is 3. The summed E-state index contributed by atoms with van der Waals surface area (Å²) in [5, 5.41) is 3.07. The van der Waals surface area contributed by atoms with E-state index < -0.39 is 0 Å². The first-order chi connectivity index (χ1) is 13.4. The number of hydrogen-bond acceptors (Lipinski definition) is 5. The maximum Gasteiger partial charge on any atom is 0.225 e. The Labute approximate surface area is 167 Å². The molecule has 7 nitrogen and oxygen atoms in total. The fourth-order valence-electron chi connectivity index (χ4n) is 3.56. The van der Waals surface area contributed by atoms with E-state index in [-0.39, 0.29) is 23.8 Å². The molecule has 1 aromatic rings. The second-order valence-corrected chi connectivity index (χ2v) is 7.12. The van der Waals surface area contributed by atoms with E-state index in [1.165, 1.54) is 0 Å². The topological polar surface area (TPSA) is 77.1 Å². The number of nitrogens with one attached hydrogen (secondary N) is 1. The number of rotatable bonds is 8. The van der Waals surface area contributed by atoms with Gasteiger partial charge in [-0.3, -0.25) is 9.59 Å². The third-order valence-corrected chi connectivity index (χ3v) is 5.15. The van der Waals surface area contributed by atoms with Gasteiger partial charge in [-0.15, -0.1) is 0 Å². The zero-order chi connectivity index (χ0) is 20.7. The Morgan fingerprint density at radius 2 is 1.82 bits per heavy atom. The third kappa shape index (κ3) is 5.09. The molecule has 1 N–H and O–H groups in total. The van der Waals surface area contributed by atoms with Crippen LogP contribution in [0.2, 0.25) is 0 Å². The van der Waals surface area contributed by atoms with Crippen LogP contribution in [0.25, 0.3) is 0 Å². The van der Waals surface area contributed by atoms with Crippen molar-refractivity contribution in [3.8, 4) is 17.2 Å². The Morgan fingerprint density at radius 1 is 1.18 bits per heavy atom. The van der Waals surface area contributed by atoms with Crippen molar-refractivity contribution in [3.05, 3.63) is 17.7 Å². The molecule has 2 amide bonds. The number of carbonyl (C=O) groups is 2. The number of amides is 2. The fourth-order valence-corrected chi connectivity index (χ4v) is 3.56. The molecule has 0 bridgehead atoms. The second-order valence-electron chi connectivity index (χ2n) is 7.12. The number of benzene rings is 1. The Balaban J connectivity index is 2.08. The number of carbonyl (C=O) groups excluding carboxylic acids is 2. The van der Waals surface area contributed by atoms with Gasteiger partial charge in [0.1, 0.15) is 0 Å². The number of likely N-dealkylation sites (tertiary alicyclic amines) is 1. The van der Waals surface area contributed by atoms with Crippen molar-refractivity contribution in [2.75, 3.05) is 34.4 Å². The standard InChI is InChI=1S/C21H32N2O5/c1-6-8-19(24)23-10-7-9-15(13-23)21(25)22-14(2)16-11-17(26-3)20(28-5)18(12-16)27-4/h11-12,14-15H,6-10,13H2,1-5H3,(H,22,25). The lowest BCUT2D eigenvalue weighted by atomic mass is 9.96. The molecule has 7 heteroatoms. The normalized spacial score (nSPS) is 17.6. The van der Waals surface area contributed by atoms with Gasteiger partial charge >= 0.3 is 0 Å². The minimum absolute atomic E-state index is 0.0322. The van der Waals surface area contributed by atoms with E-state index in [0.29, 0.717) is 30.2 Å². The molecule has 156 valence electrons. The number of nitrogens with zero attached hydrogens (tertiary/aromatic N) is 1. The van der Waals surface area contributed by atoms with Gasteiger partial charge in [-0.05, 0) is 43.9 Å². The molecule has 0 saturated carbocycles. The maximum absolute atomic E-state index is 12.8.